The van der Waals surface area contributed by atoms with Crippen LogP contribution in [0.2, 0.25) is 0 Å². The largest absolute Gasteiger partial charge is 0.491 e. The maximum Gasteiger partial charge on any atom is 0.123 e. The van der Waals surface area contributed by atoms with E-state index < -0.39 is 6.10 Å². The molecule has 2 N–H and O–H groups in total. The summed E-state index contributed by atoms with van der Waals surface area (Å²) in [7, 11) is 0. The number of hydrogen-bond acceptors (Lipinski definition) is 4. The number of rotatable bonds is 6. The number of benzene rings is 1. The van der Waals surface area contributed by atoms with Gasteiger partial charge in [0, 0.05) is 12.6 Å². The van der Waals surface area contributed by atoms with Crippen molar-refractivity contribution >= 4 is 0 Å². The van der Waals surface area contributed by atoms with Crippen molar-refractivity contribution in [2.75, 3.05) is 26.3 Å². The van der Waals surface area contributed by atoms with Crippen LogP contribution in [0, 0.1) is 5.82 Å². The third-order valence-electron chi connectivity index (χ3n) is 3.66. The molecule has 0 saturated carbocycles. The number of nitrogens with zero attached hydrogens (tertiary/aromatic N) is 1. The van der Waals surface area contributed by atoms with Crippen LogP contribution in [0.4, 0.5) is 4.39 Å². The van der Waals surface area contributed by atoms with E-state index in [2.05, 4.69) is 4.90 Å². The summed E-state index contributed by atoms with van der Waals surface area (Å²) in [5.74, 6) is 0.236. The highest BCUT2D eigenvalue weighted by Gasteiger charge is 2.23. The average Bonchev–Trinajstić information content (AvgIpc) is 2.47. The minimum atomic E-state index is -0.618. The van der Waals surface area contributed by atoms with Gasteiger partial charge in [-0.1, -0.05) is 6.42 Å². The molecule has 112 valence electrons. The van der Waals surface area contributed by atoms with Crippen LogP contribution in [0.3, 0.4) is 0 Å². The molecule has 2 atom stereocenters. The lowest BCUT2D eigenvalue weighted by molar-refractivity contribution is 0.0232. The lowest BCUT2D eigenvalue weighted by atomic mass is 10.0. The monoisotopic (exact) mass is 283 g/mol. The lowest BCUT2D eigenvalue weighted by Gasteiger charge is -2.35. The smallest absolute Gasteiger partial charge is 0.123 e. The quantitative estimate of drug-likeness (QED) is 0.829. The molecule has 1 aliphatic heterocycles. The highest BCUT2D eigenvalue weighted by atomic mass is 19.1. The molecule has 0 spiro atoms. The van der Waals surface area contributed by atoms with E-state index in [0.29, 0.717) is 12.3 Å². The number of hydrogen-bond donors (Lipinski definition) is 2. The molecule has 1 aromatic carbocycles. The van der Waals surface area contributed by atoms with Gasteiger partial charge in [0.25, 0.3) is 0 Å². The second-order valence-corrected chi connectivity index (χ2v) is 5.25. The van der Waals surface area contributed by atoms with Crippen LogP contribution in [0.5, 0.6) is 5.75 Å². The Hall–Kier alpha value is -1.17. The van der Waals surface area contributed by atoms with E-state index in [1.165, 1.54) is 12.1 Å². The van der Waals surface area contributed by atoms with E-state index in [9.17, 15) is 14.6 Å². The van der Waals surface area contributed by atoms with Gasteiger partial charge in [0.1, 0.15) is 24.3 Å². The fourth-order valence-electron chi connectivity index (χ4n) is 2.55. The van der Waals surface area contributed by atoms with Gasteiger partial charge >= 0.3 is 0 Å². The van der Waals surface area contributed by atoms with Crippen LogP contribution < -0.4 is 4.74 Å². The zero-order valence-corrected chi connectivity index (χ0v) is 11.5. The first-order valence-electron chi connectivity index (χ1n) is 7.10. The third kappa shape index (κ3) is 4.44. The van der Waals surface area contributed by atoms with Crippen molar-refractivity contribution in [3.63, 3.8) is 0 Å². The molecule has 4 nitrogen and oxygen atoms in total. The molecule has 0 aliphatic carbocycles. The van der Waals surface area contributed by atoms with Gasteiger partial charge in [-0.15, -0.1) is 0 Å². The van der Waals surface area contributed by atoms with Gasteiger partial charge in [-0.3, -0.25) is 4.90 Å². The molecular weight excluding hydrogens is 261 g/mol. The molecule has 1 unspecified atom stereocenters. The van der Waals surface area contributed by atoms with Crippen molar-refractivity contribution < 1.29 is 19.3 Å². The Balaban J connectivity index is 1.76. The van der Waals surface area contributed by atoms with Crippen molar-refractivity contribution in [3.05, 3.63) is 30.1 Å². The Morgan fingerprint density at radius 1 is 1.30 bits per heavy atom. The number of likely N-dealkylation sites (tertiary alicyclic amines) is 1. The molecule has 0 bridgehead atoms. The number of ether oxygens (including phenoxy) is 1. The minimum Gasteiger partial charge on any atom is -0.491 e. The minimum absolute atomic E-state index is 0.130. The molecule has 1 aromatic rings. The number of β-amino-alcohol motifs (C(OH)–C–C–N with tert-alkyl or cyclic N) is 1. The van der Waals surface area contributed by atoms with E-state index >= 15 is 0 Å². The molecule has 0 aromatic heterocycles. The van der Waals surface area contributed by atoms with Crippen LogP contribution in [-0.2, 0) is 0 Å². The van der Waals surface area contributed by atoms with E-state index in [0.717, 1.165) is 25.8 Å². The van der Waals surface area contributed by atoms with Crippen molar-refractivity contribution in [2.24, 2.45) is 0 Å². The molecule has 0 radical (unpaired) electrons. The molecule has 0 amide bonds. The summed E-state index contributed by atoms with van der Waals surface area (Å²) < 4.78 is 18.2. The summed E-state index contributed by atoms with van der Waals surface area (Å²) >= 11 is 0. The van der Waals surface area contributed by atoms with Crippen LogP contribution in [0.25, 0.3) is 0 Å². The number of halogens is 1. The molecule has 1 heterocycles. The van der Waals surface area contributed by atoms with Crippen LogP contribution in [-0.4, -0.2) is 53.6 Å². The van der Waals surface area contributed by atoms with Gasteiger partial charge < -0.3 is 14.9 Å². The summed E-state index contributed by atoms with van der Waals surface area (Å²) in [5, 5.41) is 19.3. The Morgan fingerprint density at radius 2 is 2.05 bits per heavy atom. The first-order chi connectivity index (χ1) is 9.69. The SMILES string of the molecule is OC[C@H]1CCCCN1CC(O)COc1ccc(F)cc1. The summed E-state index contributed by atoms with van der Waals surface area (Å²) in [6.45, 7) is 1.69. The van der Waals surface area contributed by atoms with E-state index in [-0.39, 0.29) is 25.1 Å². The van der Waals surface area contributed by atoms with Crippen molar-refractivity contribution in [3.8, 4) is 5.75 Å². The summed E-state index contributed by atoms with van der Waals surface area (Å²) in [5.41, 5.74) is 0. The fraction of sp³-hybridized carbons (Fsp3) is 0.600. The molecule has 20 heavy (non-hydrogen) atoms. The predicted molar refractivity (Wildman–Crippen MR) is 74.2 cm³/mol. The normalized spacial score (nSPS) is 21.6. The Bertz CT molecular complexity index is 399. The van der Waals surface area contributed by atoms with Gasteiger partial charge in [-0.2, -0.15) is 0 Å². The molecule has 2 rings (SSSR count). The van der Waals surface area contributed by atoms with Crippen molar-refractivity contribution in [1.82, 2.24) is 4.90 Å². The van der Waals surface area contributed by atoms with Crippen LogP contribution >= 0.6 is 0 Å². The van der Waals surface area contributed by atoms with Gasteiger partial charge in [0.05, 0.1) is 6.61 Å². The number of aliphatic hydroxyl groups is 2. The predicted octanol–water partition coefficient (Wildman–Crippen LogP) is 1.41. The number of aliphatic hydroxyl groups excluding tert-OH is 2. The van der Waals surface area contributed by atoms with Crippen LogP contribution in [0.1, 0.15) is 19.3 Å². The van der Waals surface area contributed by atoms with Gasteiger partial charge in [0.2, 0.25) is 0 Å². The maximum absolute atomic E-state index is 12.7. The summed E-state index contributed by atoms with van der Waals surface area (Å²) in [6, 6.07) is 5.88. The van der Waals surface area contributed by atoms with Gasteiger partial charge in [-0.05, 0) is 43.7 Å². The summed E-state index contributed by atoms with van der Waals surface area (Å²) in [4.78, 5) is 2.11. The second kappa shape index (κ2) is 7.57. The Labute approximate surface area is 118 Å². The van der Waals surface area contributed by atoms with Gasteiger partial charge in [0.15, 0.2) is 0 Å². The van der Waals surface area contributed by atoms with Crippen molar-refractivity contribution in [1.29, 1.82) is 0 Å². The third-order valence-corrected chi connectivity index (χ3v) is 3.66. The highest BCUT2D eigenvalue weighted by molar-refractivity contribution is 5.22. The van der Waals surface area contributed by atoms with E-state index in [4.69, 9.17) is 4.74 Å². The Morgan fingerprint density at radius 3 is 2.75 bits per heavy atom. The number of piperidine rings is 1. The first kappa shape index (κ1) is 15.2. The second-order valence-electron chi connectivity index (χ2n) is 5.25. The highest BCUT2D eigenvalue weighted by Crippen LogP contribution is 2.17. The zero-order chi connectivity index (χ0) is 14.4. The molecule has 1 aliphatic rings. The maximum atomic E-state index is 12.7. The Kier molecular flexibility index (Phi) is 5.76. The average molecular weight is 283 g/mol. The molecule has 1 saturated heterocycles. The van der Waals surface area contributed by atoms with Gasteiger partial charge in [-0.25, -0.2) is 4.39 Å². The van der Waals surface area contributed by atoms with Crippen LogP contribution in [0.15, 0.2) is 24.3 Å². The lowest BCUT2D eigenvalue weighted by Crippen LogP contribution is -2.46. The fourth-order valence-corrected chi connectivity index (χ4v) is 2.55. The topological polar surface area (TPSA) is 52.9 Å². The van der Waals surface area contributed by atoms with E-state index in [1.807, 2.05) is 0 Å². The first-order valence-corrected chi connectivity index (χ1v) is 7.10. The molecule has 1 fully saturated rings. The summed E-state index contributed by atoms with van der Waals surface area (Å²) in [6.07, 6.45) is 2.58. The zero-order valence-electron chi connectivity index (χ0n) is 11.5. The van der Waals surface area contributed by atoms with E-state index in [1.54, 1.807) is 12.1 Å². The molecule has 5 heteroatoms. The standard InChI is InChI=1S/C15H22FNO3/c16-12-4-6-15(7-5-12)20-11-14(19)9-17-8-2-1-3-13(17)10-18/h4-7,13-14,18-19H,1-3,8-11H2/t13-,14?/m1/s1. The molecular formula is C15H22FNO3. The van der Waals surface area contributed by atoms with Crippen molar-refractivity contribution in [2.45, 2.75) is 31.4 Å².